The summed E-state index contributed by atoms with van der Waals surface area (Å²) >= 11 is 3.82. The molecule has 0 aromatic heterocycles. The largest absolute Gasteiger partial charge is 0.377 e. The molecule has 0 atom stereocenters. The van der Waals surface area contributed by atoms with Gasteiger partial charge in [0.15, 0.2) is 0 Å². The van der Waals surface area contributed by atoms with Gasteiger partial charge in [0.2, 0.25) is 5.91 Å². The second kappa shape index (κ2) is 13.3. The third-order valence-corrected chi connectivity index (χ3v) is 1.93. The SMILES string of the molecule is C#CCOCCOCCOCCNC(=O)CS. The quantitative estimate of drug-likeness (QED) is 0.305. The summed E-state index contributed by atoms with van der Waals surface area (Å²) in [4.78, 5) is 10.8. The van der Waals surface area contributed by atoms with Crippen LogP contribution in [0.25, 0.3) is 0 Å². The number of amides is 1. The van der Waals surface area contributed by atoms with Crippen molar-refractivity contribution in [1.29, 1.82) is 0 Å². The zero-order valence-corrected chi connectivity index (χ0v) is 10.7. The molecule has 1 amide bonds. The van der Waals surface area contributed by atoms with E-state index in [1.165, 1.54) is 0 Å². The minimum absolute atomic E-state index is 0.0983. The molecule has 5 nitrogen and oxygen atoms in total. The Kier molecular flexibility index (Phi) is 12.7. The van der Waals surface area contributed by atoms with Crippen molar-refractivity contribution in [3.05, 3.63) is 0 Å². The zero-order valence-electron chi connectivity index (χ0n) is 9.81. The third kappa shape index (κ3) is 13.2. The summed E-state index contributed by atoms with van der Waals surface area (Å²) in [6.45, 7) is 3.25. The van der Waals surface area contributed by atoms with Crippen LogP contribution < -0.4 is 5.32 Å². The Bertz CT molecular complexity index is 230. The first-order valence-corrected chi connectivity index (χ1v) is 5.98. The number of nitrogens with one attached hydrogen (secondary N) is 1. The van der Waals surface area contributed by atoms with Crippen LogP contribution in [-0.4, -0.2) is 57.8 Å². The number of thiol groups is 1. The summed E-state index contributed by atoms with van der Waals surface area (Å²) in [7, 11) is 0. The first-order valence-electron chi connectivity index (χ1n) is 5.35. The van der Waals surface area contributed by atoms with Crippen molar-refractivity contribution in [2.45, 2.75) is 0 Å². The molecule has 0 aromatic carbocycles. The molecule has 1 N–H and O–H groups in total. The molecule has 0 aliphatic carbocycles. The molecule has 0 bridgehead atoms. The van der Waals surface area contributed by atoms with Crippen molar-refractivity contribution in [3.8, 4) is 12.3 Å². The van der Waals surface area contributed by atoms with E-state index >= 15 is 0 Å². The molecule has 0 unspecified atom stereocenters. The molecule has 0 aromatic rings. The van der Waals surface area contributed by atoms with Crippen LogP contribution in [0.4, 0.5) is 0 Å². The molecule has 6 heteroatoms. The fourth-order valence-electron chi connectivity index (χ4n) is 0.889. The van der Waals surface area contributed by atoms with Gasteiger partial charge in [-0.15, -0.1) is 6.42 Å². The molecule has 98 valence electrons. The standard InChI is InChI=1S/C11H19NO4S/c1-2-4-14-6-8-16-9-7-15-5-3-12-11(13)10-17/h1,17H,3-10H2,(H,12,13). The van der Waals surface area contributed by atoms with E-state index in [-0.39, 0.29) is 11.7 Å². The lowest BCUT2D eigenvalue weighted by Crippen LogP contribution is -2.28. The van der Waals surface area contributed by atoms with Gasteiger partial charge < -0.3 is 19.5 Å². The number of terminal acetylenes is 1. The van der Waals surface area contributed by atoms with E-state index in [0.717, 1.165) is 0 Å². The Morgan fingerprint density at radius 1 is 1.12 bits per heavy atom. The number of carbonyl (C=O) groups excluding carboxylic acids is 1. The highest BCUT2D eigenvalue weighted by Crippen LogP contribution is 1.81. The van der Waals surface area contributed by atoms with Crippen LogP contribution in [0.5, 0.6) is 0 Å². The predicted octanol–water partition coefficient (Wildman–Crippen LogP) is -0.285. The van der Waals surface area contributed by atoms with Gasteiger partial charge in [0.1, 0.15) is 6.61 Å². The molecule has 0 spiro atoms. The molecular formula is C11H19NO4S. The van der Waals surface area contributed by atoms with Crippen LogP contribution in [0, 0.1) is 12.3 Å². The number of carbonyl (C=O) groups is 1. The summed E-state index contributed by atoms with van der Waals surface area (Å²) in [6.07, 6.45) is 5.00. The lowest BCUT2D eigenvalue weighted by molar-refractivity contribution is -0.118. The number of ether oxygens (including phenoxy) is 3. The summed E-state index contributed by atoms with van der Waals surface area (Å²) in [5, 5.41) is 2.64. The smallest absolute Gasteiger partial charge is 0.229 e. The zero-order chi connectivity index (χ0) is 12.8. The second-order valence-electron chi connectivity index (χ2n) is 2.99. The average molecular weight is 261 g/mol. The summed E-state index contributed by atoms with van der Waals surface area (Å²) in [5.74, 6) is 2.46. The van der Waals surface area contributed by atoms with Gasteiger partial charge >= 0.3 is 0 Å². The van der Waals surface area contributed by atoms with Crippen molar-refractivity contribution in [2.75, 3.05) is 51.9 Å². The van der Waals surface area contributed by atoms with Crippen molar-refractivity contribution in [1.82, 2.24) is 5.32 Å². The Labute approximate surface area is 108 Å². The Morgan fingerprint density at radius 2 is 1.71 bits per heavy atom. The molecule has 0 aliphatic heterocycles. The monoisotopic (exact) mass is 261 g/mol. The van der Waals surface area contributed by atoms with Crippen LogP contribution in [0.3, 0.4) is 0 Å². The summed E-state index contributed by atoms with van der Waals surface area (Å²) in [6, 6.07) is 0. The predicted molar refractivity (Wildman–Crippen MR) is 68.2 cm³/mol. The van der Waals surface area contributed by atoms with Crippen LogP contribution in [0.15, 0.2) is 0 Å². The van der Waals surface area contributed by atoms with Crippen molar-refractivity contribution in [3.63, 3.8) is 0 Å². The van der Waals surface area contributed by atoms with Gasteiger partial charge in [-0.1, -0.05) is 5.92 Å². The highest BCUT2D eigenvalue weighted by Gasteiger charge is 1.95. The maximum atomic E-state index is 10.8. The first kappa shape index (κ1) is 16.3. The van der Waals surface area contributed by atoms with E-state index in [1.54, 1.807) is 0 Å². The summed E-state index contributed by atoms with van der Waals surface area (Å²) in [5.41, 5.74) is 0. The van der Waals surface area contributed by atoms with E-state index in [1.807, 2.05) is 0 Å². The molecule has 17 heavy (non-hydrogen) atoms. The number of hydrogen-bond acceptors (Lipinski definition) is 5. The number of rotatable bonds is 11. The highest BCUT2D eigenvalue weighted by molar-refractivity contribution is 7.81. The fraction of sp³-hybridized carbons (Fsp3) is 0.727. The Balaban J connectivity index is 2.99. The van der Waals surface area contributed by atoms with Crippen LogP contribution in [-0.2, 0) is 19.0 Å². The van der Waals surface area contributed by atoms with Crippen LogP contribution in [0.1, 0.15) is 0 Å². The molecule has 0 rings (SSSR count). The maximum absolute atomic E-state index is 10.8. The molecule has 0 aliphatic rings. The highest BCUT2D eigenvalue weighted by atomic mass is 32.1. The molecule has 0 fully saturated rings. The average Bonchev–Trinajstić information content (AvgIpc) is 2.35. The van der Waals surface area contributed by atoms with Gasteiger partial charge in [-0.3, -0.25) is 4.79 Å². The first-order chi connectivity index (χ1) is 8.31. The minimum atomic E-state index is -0.0983. The van der Waals surface area contributed by atoms with Gasteiger partial charge in [0.05, 0.1) is 38.8 Å². The third-order valence-electron chi connectivity index (χ3n) is 1.64. The van der Waals surface area contributed by atoms with E-state index in [4.69, 9.17) is 20.6 Å². The lowest BCUT2D eigenvalue weighted by atomic mass is 10.6. The topological polar surface area (TPSA) is 56.8 Å². The van der Waals surface area contributed by atoms with E-state index in [2.05, 4.69) is 23.9 Å². The maximum Gasteiger partial charge on any atom is 0.229 e. The van der Waals surface area contributed by atoms with Gasteiger partial charge in [-0.25, -0.2) is 0 Å². The van der Waals surface area contributed by atoms with E-state index in [9.17, 15) is 4.79 Å². The van der Waals surface area contributed by atoms with Crippen LogP contribution >= 0.6 is 12.6 Å². The summed E-state index contributed by atoms with van der Waals surface area (Å²) < 4.78 is 15.4. The molecule has 0 heterocycles. The Morgan fingerprint density at radius 3 is 2.29 bits per heavy atom. The van der Waals surface area contributed by atoms with Gasteiger partial charge in [-0.2, -0.15) is 12.6 Å². The van der Waals surface area contributed by atoms with Crippen LogP contribution in [0.2, 0.25) is 0 Å². The van der Waals surface area contributed by atoms with Crippen molar-refractivity contribution in [2.24, 2.45) is 0 Å². The van der Waals surface area contributed by atoms with E-state index in [0.29, 0.717) is 46.2 Å². The van der Waals surface area contributed by atoms with Gasteiger partial charge in [0.25, 0.3) is 0 Å². The van der Waals surface area contributed by atoms with E-state index < -0.39 is 0 Å². The second-order valence-corrected chi connectivity index (χ2v) is 3.31. The van der Waals surface area contributed by atoms with Crippen molar-refractivity contribution < 1.29 is 19.0 Å². The van der Waals surface area contributed by atoms with Crippen molar-refractivity contribution >= 4 is 18.5 Å². The fourth-order valence-corrected chi connectivity index (χ4v) is 1.00. The molecule has 0 radical (unpaired) electrons. The molecular weight excluding hydrogens is 242 g/mol. The lowest BCUT2D eigenvalue weighted by Gasteiger charge is -2.06. The number of hydrogen-bond donors (Lipinski definition) is 2. The molecule has 0 saturated carbocycles. The Hall–Kier alpha value is -0.740. The normalized spacial score (nSPS) is 9.88. The molecule has 0 saturated heterocycles. The van der Waals surface area contributed by atoms with Gasteiger partial charge in [-0.05, 0) is 0 Å². The minimum Gasteiger partial charge on any atom is -0.377 e. The van der Waals surface area contributed by atoms with Gasteiger partial charge in [0, 0.05) is 6.54 Å².